The number of Topliss-reactive ketones (excluding diaryl/α,β-unsaturated/α-hetero) is 1. The molecule has 0 radical (unpaired) electrons. The molecule has 0 unspecified atom stereocenters. The van der Waals surface area contributed by atoms with Crippen LogP contribution in [-0.4, -0.2) is 15.8 Å². The third kappa shape index (κ3) is 2.78. The van der Waals surface area contributed by atoms with Gasteiger partial charge in [-0.3, -0.25) is 4.79 Å². The molecule has 0 aliphatic heterocycles. The molecule has 1 aliphatic carbocycles. The summed E-state index contributed by atoms with van der Waals surface area (Å²) in [6.07, 6.45) is 4.58. The number of carbonyl (C=O) groups is 1. The van der Waals surface area contributed by atoms with Gasteiger partial charge in [-0.2, -0.15) is 4.98 Å². The van der Waals surface area contributed by atoms with Crippen molar-refractivity contribution in [1.82, 2.24) is 9.97 Å². The Kier molecular flexibility index (Phi) is 3.98. The highest BCUT2D eigenvalue weighted by Gasteiger charge is 2.21. The average molecular weight is 358 g/mol. The second kappa shape index (κ2) is 6.15. The van der Waals surface area contributed by atoms with E-state index in [0.29, 0.717) is 5.56 Å². The predicted octanol–water partition coefficient (Wildman–Crippen LogP) is 5.17. The summed E-state index contributed by atoms with van der Waals surface area (Å²) in [5.41, 5.74) is 2.85. The number of rotatable bonds is 3. The molecule has 1 aromatic carbocycles. The van der Waals surface area contributed by atoms with Crippen LogP contribution < -0.4 is 5.32 Å². The van der Waals surface area contributed by atoms with Gasteiger partial charge in [0.15, 0.2) is 5.78 Å². The largest absolute Gasteiger partial charge is 0.340 e. The molecule has 0 saturated carbocycles. The van der Waals surface area contributed by atoms with Crippen LogP contribution in [0.2, 0.25) is 5.28 Å². The highest BCUT2D eigenvalue weighted by atomic mass is 35.5. The summed E-state index contributed by atoms with van der Waals surface area (Å²) in [5, 5.41) is 4.66. The molecule has 0 atom stereocenters. The quantitative estimate of drug-likeness (QED) is 0.519. The monoisotopic (exact) mass is 357 g/mol. The van der Waals surface area contributed by atoms with E-state index in [4.69, 9.17) is 11.6 Å². The first-order chi connectivity index (χ1) is 11.6. The van der Waals surface area contributed by atoms with Crippen molar-refractivity contribution in [1.29, 1.82) is 0 Å². The lowest BCUT2D eigenvalue weighted by molar-refractivity contribution is 0.101. The maximum Gasteiger partial charge on any atom is 0.225 e. The fourth-order valence-electron chi connectivity index (χ4n) is 3.17. The minimum atomic E-state index is 0.0393. The van der Waals surface area contributed by atoms with E-state index in [9.17, 15) is 4.79 Å². The zero-order valence-corrected chi connectivity index (χ0v) is 14.8. The molecule has 4 rings (SSSR count). The van der Waals surface area contributed by atoms with E-state index >= 15 is 0 Å². The van der Waals surface area contributed by atoms with Crippen LogP contribution >= 0.6 is 22.9 Å². The average Bonchev–Trinajstić information content (AvgIpc) is 2.93. The number of nitrogens with zero attached hydrogens (tertiary/aromatic N) is 2. The summed E-state index contributed by atoms with van der Waals surface area (Å²) in [5.74, 6) is 0.766. The molecule has 3 aromatic rings. The Morgan fingerprint density at radius 1 is 1.25 bits per heavy atom. The van der Waals surface area contributed by atoms with Crippen molar-refractivity contribution >= 4 is 50.4 Å². The molecule has 122 valence electrons. The van der Waals surface area contributed by atoms with E-state index in [1.54, 1.807) is 18.3 Å². The normalized spacial score (nSPS) is 13.8. The van der Waals surface area contributed by atoms with Crippen LogP contribution in [0.25, 0.3) is 10.2 Å². The van der Waals surface area contributed by atoms with Gasteiger partial charge in [-0.15, -0.1) is 11.3 Å². The third-order valence-electron chi connectivity index (χ3n) is 4.32. The van der Waals surface area contributed by atoms with Gasteiger partial charge in [0.05, 0.1) is 5.39 Å². The van der Waals surface area contributed by atoms with E-state index in [2.05, 4.69) is 15.3 Å². The Balaban J connectivity index is 1.82. The van der Waals surface area contributed by atoms with Gasteiger partial charge >= 0.3 is 0 Å². The number of fused-ring (bicyclic) bond motifs is 3. The minimum absolute atomic E-state index is 0.0393. The van der Waals surface area contributed by atoms with E-state index < -0.39 is 0 Å². The summed E-state index contributed by atoms with van der Waals surface area (Å²) in [6.45, 7) is 1.56. The number of aromatic nitrogens is 2. The van der Waals surface area contributed by atoms with Gasteiger partial charge in [-0.1, -0.05) is 12.1 Å². The number of hydrogen-bond donors (Lipinski definition) is 1. The van der Waals surface area contributed by atoms with Gasteiger partial charge < -0.3 is 5.32 Å². The molecule has 1 N–H and O–H groups in total. The highest BCUT2D eigenvalue weighted by Crippen LogP contribution is 2.39. The van der Waals surface area contributed by atoms with Crippen molar-refractivity contribution in [2.75, 3.05) is 5.32 Å². The van der Waals surface area contributed by atoms with E-state index in [-0.39, 0.29) is 11.1 Å². The van der Waals surface area contributed by atoms with Crippen LogP contribution in [0.3, 0.4) is 0 Å². The Labute approximate surface area is 148 Å². The van der Waals surface area contributed by atoms with E-state index in [0.717, 1.165) is 34.6 Å². The number of thiophene rings is 1. The number of benzene rings is 1. The Morgan fingerprint density at radius 2 is 2.08 bits per heavy atom. The van der Waals surface area contributed by atoms with Gasteiger partial charge in [-0.25, -0.2) is 4.98 Å². The lowest BCUT2D eigenvalue weighted by Gasteiger charge is -2.13. The number of aryl methyl sites for hydroxylation is 2. The smallest absolute Gasteiger partial charge is 0.225 e. The number of halogens is 1. The number of ketones is 1. The van der Waals surface area contributed by atoms with E-state index in [1.807, 2.05) is 24.3 Å². The Bertz CT molecular complexity index is 951. The van der Waals surface area contributed by atoms with Crippen molar-refractivity contribution < 1.29 is 4.79 Å². The number of carbonyl (C=O) groups excluding carboxylic acids is 1. The van der Waals surface area contributed by atoms with Crippen LogP contribution in [0, 0.1) is 0 Å². The molecule has 2 heterocycles. The molecular weight excluding hydrogens is 342 g/mol. The molecule has 4 nitrogen and oxygen atoms in total. The Hall–Kier alpha value is -1.98. The maximum absolute atomic E-state index is 11.6. The van der Waals surface area contributed by atoms with Gasteiger partial charge in [0.25, 0.3) is 0 Å². The first-order valence-corrected chi connectivity index (χ1v) is 9.17. The summed E-state index contributed by atoms with van der Waals surface area (Å²) in [6, 6.07) is 7.43. The standard InChI is InChI=1S/C18H16ClN3OS/c1-10(23)11-5-4-6-12(9-11)20-16-15-13-7-2-3-8-14(13)24-17(15)22-18(19)21-16/h4-6,9H,2-3,7-8H2,1H3,(H,20,21,22). The molecule has 6 heteroatoms. The van der Waals surface area contributed by atoms with Crippen LogP contribution in [0.1, 0.15) is 40.6 Å². The van der Waals surface area contributed by atoms with Crippen molar-refractivity contribution in [3.63, 3.8) is 0 Å². The van der Waals surface area contributed by atoms with Crippen LogP contribution in [0.15, 0.2) is 24.3 Å². The predicted molar refractivity (Wildman–Crippen MR) is 98.8 cm³/mol. The SMILES string of the molecule is CC(=O)c1cccc(Nc2nc(Cl)nc3sc4c(c23)CCCC4)c1. The molecule has 24 heavy (non-hydrogen) atoms. The molecule has 0 amide bonds. The number of hydrogen-bond acceptors (Lipinski definition) is 5. The van der Waals surface area contributed by atoms with Crippen molar-refractivity contribution in [3.05, 3.63) is 45.6 Å². The fourth-order valence-corrected chi connectivity index (χ4v) is 4.65. The lowest BCUT2D eigenvalue weighted by Crippen LogP contribution is -2.02. The topological polar surface area (TPSA) is 54.9 Å². The van der Waals surface area contributed by atoms with Gasteiger partial charge in [0, 0.05) is 16.1 Å². The summed E-state index contributed by atoms with van der Waals surface area (Å²) < 4.78 is 0. The molecule has 0 spiro atoms. The summed E-state index contributed by atoms with van der Waals surface area (Å²) in [4.78, 5) is 22.8. The zero-order chi connectivity index (χ0) is 16.7. The molecule has 2 aromatic heterocycles. The lowest BCUT2D eigenvalue weighted by atomic mass is 9.97. The van der Waals surface area contributed by atoms with Crippen molar-refractivity contribution in [2.45, 2.75) is 32.6 Å². The van der Waals surface area contributed by atoms with E-state index in [1.165, 1.54) is 23.3 Å². The molecule has 0 bridgehead atoms. The molecular formula is C18H16ClN3OS. The molecule has 1 aliphatic rings. The van der Waals surface area contributed by atoms with Crippen LogP contribution in [0.4, 0.5) is 11.5 Å². The van der Waals surface area contributed by atoms with Crippen LogP contribution in [0.5, 0.6) is 0 Å². The highest BCUT2D eigenvalue weighted by molar-refractivity contribution is 7.19. The number of anilines is 2. The molecule has 0 saturated heterocycles. The first kappa shape index (κ1) is 15.5. The summed E-state index contributed by atoms with van der Waals surface area (Å²) in [7, 11) is 0. The Morgan fingerprint density at radius 3 is 2.92 bits per heavy atom. The minimum Gasteiger partial charge on any atom is -0.340 e. The van der Waals surface area contributed by atoms with Gasteiger partial charge in [0.2, 0.25) is 5.28 Å². The number of nitrogens with one attached hydrogen (secondary N) is 1. The van der Waals surface area contributed by atoms with Crippen molar-refractivity contribution in [2.24, 2.45) is 0 Å². The van der Waals surface area contributed by atoms with Gasteiger partial charge in [0.1, 0.15) is 10.6 Å². The third-order valence-corrected chi connectivity index (χ3v) is 5.67. The summed E-state index contributed by atoms with van der Waals surface area (Å²) >= 11 is 7.84. The first-order valence-electron chi connectivity index (χ1n) is 7.97. The molecule has 0 fully saturated rings. The zero-order valence-electron chi connectivity index (χ0n) is 13.2. The second-order valence-electron chi connectivity index (χ2n) is 5.99. The van der Waals surface area contributed by atoms with Crippen LogP contribution in [-0.2, 0) is 12.8 Å². The fraction of sp³-hybridized carbons (Fsp3) is 0.278. The second-order valence-corrected chi connectivity index (χ2v) is 7.42. The van der Waals surface area contributed by atoms with Gasteiger partial charge in [-0.05, 0) is 61.9 Å². The van der Waals surface area contributed by atoms with Crippen molar-refractivity contribution in [3.8, 4) is 0 Å². The maximum atomic E-state index is 11.6.